The highest BCUT2D eigenvalue weighted by molar-refractivity contribution is 5.81. The number of rotatable bonds is 7. The Balaban J connectivity index is 1.52. The van der Waals surface area contributed by atoms with Crippen LogP contribution in [0.3, 0.4) is 0 Å². The van der Waals surface area contributed by atoms with Crippen LogP contribution in [0.2, 0.25) is 0 Å². The van der Waals surface area contributed by atoms with E-state index in [0.29, 0.717) is 12.3 Å². The third kappa shape index (κ3) is 3.96. The Labute approximate surface area is 166 Å². The minimum atomic E-state index is -0.0220. The molecule has 2 aromatic carbocycles. The summed E-state index contributed by atoms with van der Waals surface area (Å²) < 4.78 is 6.06. The first-order chi connectivity index (χ1) is 13.8. The lowest BCUT2D eigenvalue weighted by Crippen LogP contribution is -2.30. The number of fused-ring (bicyclic) bond motifs is 1. The third-order valence-electron chi connectivity index (χ3n) is 5.61. The monoisotopic (exact) mass is 376 g/mol. The summed E-state index contributed by atoms with van der Waals surface area (Å²) in [5.74, 6) is 0.922. The fourth-order valence-corrected chi connectivity index (χ4v) is 4.07. The van der Waals surface area contributed by atoms with Crippen molar-refractivity contribution in [1.29, 1.82) is 0 Å². The molecule has 146 valence electrons. The maximum Gasteiger partial charge on any atom is 0.223 e. The van der Waals surface area contributed by atoms with Gasteiger partial charge in [0.25, 0.3) is 0 Å². The lowest BCUT2D eigenvalue weighted by Gasteiger charge is -2.22. The smallest absolute Gasteiger partial charge is 0.223 e. The molecule has 1 fully saturated rings. The highest BCUT2D eigenvalue weighted by Gasteiger charge is 2.33. The van der Waals surface area contributed by atoms with Crippen molar-refractivity contribution in [2.45, 2.75) is 57.9 Å². The molecule has 1 atom stereocenters. The molecule has 28 heavy (non-hydrogen) atoms. The predicted octanol–water partition coefficient (Wildman–Crippen LogP) is 6.13. The molecule has 0 radical (unpaired) electrons. The molecule has 4 rings (SSSR count). The van der Waals surface area contributed by atoms with E-state index in [1.165, 1.54) is 18.4 Å². The zero-order valence-corrected chi connectivity index (χ0v) is 16.6. The van der Waals surface area contributed by atoms with Crippen LogP contribution < -0.4 is 0 Å². The second kappa shape index (κ2) is 8.59. The molecule has 3 aromatic rings. The minimum absolute atomic E-state index is 0.0220. The molecule has 1 amide bonds. The van der Waals surface area contributed by atoms with Crippen molar-refractivity contribution in [1.82, 2.24) is 9.88 Å². The van der Waals surface area contributed by atoms with E-state index < -0.39 is 0 Å². The lowest BCUT2D eigenvalue weighted by atomic mass is 10.1. The summed E-state index contributed by atoms with van der Waals surface area (Å²) in [6.07, 6.45) is 7.07. The van der Waals surface area contributed by atoms with Gasteiger partial charge >= 0.3 is 0 Å². The molecule has 4 heteroatoms. The van der Waals surface area contributed by atoms with Gasteiger partial charge in [-0.05, 0) is 42.5 Å². The van der Waals surface area contributed by atoms with Gasteiger partial charge in [0.2, 0.25) is 11.8 Å². The zero-order chi connectivity index (χ0) is 19.3. The molecule has 1 aliphatic heterocycles. The van der Waals surface area contributed by atoms with Crippen LogP contribution in [0.1, 0.15) is 63.8 Å². The quantitative estimate of drug-likeness (QED) is 0.466. The molecule has 4 nitrogen and oxygen atoms in total. The number of hydrogen-bond donors (Lipinski definition) is 0. The van der Waals surface area contributed by atoms with Crippen LogP contribution in [-0.4, -0.2) is 22.3 Å². The molecule has 0 bridgehead atoms. The summed E-state index contributed by atoms with van der Waals surface area (Å²) in [7, 11) is 0. The van der Waals surface area contributed by atoms with Crippen molar-refractivity contribution in [2.24, 2.45) is 0 Å². The van der Waals surface area contributed by atoms with Crippen LogP contribution in [-0.2, 0) is 4.79 Å². The first-order valence-corrected chi connectivity index (χ1v) is 10.5. The van der Waals surface area contributed by atoms with E-state index in [2.05, 4.69) is 31.2 Å². The van der Waals surface area contributed by atoms with Gasteiger partial charge in [0.05, 0.1) is 0 Å². The van der Waals surface area contributed by atoms with E-state index in [9.17, 15) is 4.79 Å². The van der Waals surface area contributed by atoms with Crippen molar-refractivity contribution in [3.8, 4) is 11.1 Å². The Bertz CT molecular complexity index is 932. The number of unbranched alkanes of at least 4 members (excludes halogenated alkanes) is 3. The van der Waals surface area contributed by atoms with Gasteiger partial charge < -0.3 is 9.32 Å². The highest BCUT2D eigenvalue weighted by Crippen LogP contribution is 2.34. The fraction of sp³-hybridized carbons (Fsp3) is 0.417. The molecule has 0 N–H and O–H groups in total. The van der Waals surface area contributed by atoms with E-state index >= 15 is 0 Å². The average molecular weight is 377 g/mol. The SMILES string of the molecule is CCCCCCC(=O)N1CCC[C@H]1c1nc2cc(-c3ccccc3)ccc2o1. The highest BCUT2D eigenvalue weighted by atomic mass is 16.3. The third-order valence-corrected chi connectivity index (χ3v) is 5.61. The molecule has 1 aromatic heterocycles. The number of carbonyl (C=O) groups excluding carboxylic acids is 1. The largest absolute Gasteiger partial charge is 0.438 e. The Morgan fingerprint density at radius 2 is 1.96 bits per heavy atom. The fourth-order valence-electron chi connectivity index (χ4n) is 4.07. The molecule has 2 heterocycles. The van der Waals surface area contributed by atoms with Crippen molar-refractivity contribution >= 4 is 17.0 Å². The molecule has 1 aliphatic rings. The van der Waals surface area contributed by atoms with Gasteiger partial charge in [-0.3, -0.25) is 4.79 Å². The summed E-state index contributed by atoms with van der Waals surface area (Å²) in [6.45, 7) is 3.00. The number of aromatic nitrogens is 1. The number of hydrogen-bond acceptors (Lipinski definition) is 3. The van der Waals surface area contributed by atoms with Crippen molar-refractivity contribution in [2.75, 3.05) is 6.54 Å². The van der Waals surface area contributed by atoms with Gasteiger partial charge in [0, 0.05) is 13.0 Å². The standard InChI is InChI=1S/C24H28N2O2/c1-2-3-4-8-13-23(27)26-16-9-12-21(26)24-25-20-17-19(14-15-22(20)28-24)18-10-6-5-7-11-18/h5-7,10-11,14-15,17,21H,2-4,8-9,12-13,16H2,1H3/t21-/m0/s1. The van der Waals surface area contributed by atoms with Crippen molar-refractivity contribution in [3.05, 3.63) is 54.4 Å². The van der Waals surface area contributed by atoms with Crippen LogP contribution >= 0.6 is 0 Å². The molecule has 1 saturated heterocycles. The van der Waals surface area contributed by atoms with Crippen LogP contribution in [0.4, 0.5) is 0 Å². The van der Waals surface area contributed by atoms with Crippen LogP contribution in [0.25, 0.3) is 22.2 Å². The van der Waals surface area contributed by atoms with E-state index in [0.717, 1.165) is 48.9 Å². The van der Waals surface area contributed by atoms with Gasteiger partial charge in [0.15, 0.2) is 5.58 Å². The number of amides is 1. The number of nitrogens with zero attached hydrogens (tertiary/aromatic N) is 2. The average Bonchev–Trinajstić information content (AvgIpc) is 3.37. The first kappa shape index (κ1) is 18.7. The summed E-state index contributed by atoms with van der Waals surface area (Å²) in [4.78, 5) is 19.4. The normalized spacial score (nSPS) is 16.8. The molecule has 0 aliphatic carbocycles. The summed E-state index contributed by atoms with van der Waals surface area (Å²) in [5, 5.41) is 0. The topological polar surface area (TPSA) is 46.3 Å². The maximum absolute atomic E-state index is 12.7. The predicted molar refractivity (Wildman–Crippen MR) is 112 cm³/mol. The second-order valence-electron chi connectivity index (χ2n) is 7.66. The van der Waals surface area contributed by atoms with Gasteiger partial charge in [-0.25, -0.2) is 4.98 Å². The second-order valence-corrected chi connectivity index (χ2v) is 7.66. The summed E-state index contributed by atoms with van der Waals surface area (Å²) in [5.41, 5.74) is 3.94. The number of carbonyl (C=O) groups is 1. The van der Waals surface area contributed by atoms with Crippen LogP contribution in [0.5, 0.6) is 0 Å². The Morgan fingerprint density at radius 1 is 1.11 bits per heavy atom. The number of likely N-dealkylation sites (tertiary alicyclic amines) is 1. The Morgan fingerprint density at radius 3 is 2.79 bits per heavy atom. The van der Waals surface area contributed by atoms with E-state index in [1.807, 2.05) is 29.2 Å². The molecule has 0 saturated carbocycles. The molecular formula is C24H28N2O2. The summed E-state index contributed by atoms with van der Waals surface area (Å²) in [6, 6.07) is 16.4. The molecule has 0 spiro atoms. The first-order valence-electron chi connectivity index (χ1n) is 10.5. The van der Waals surface area contributed by atoms with E-state index in [1.54, 1.807) is 0 Å². The van der Waals surface area contributed by atoms with Gasteiger partial charge in [-0.1, -0.05) is 62.6 Å². The van der Waals surface area contributed by atoms with Gasteiger partial charge in [-0.15, -0.1) is 0 Å². The number of benzene rings is 2. The maximum atomic E-state index is 12.7. The van der Waals surface area contributed by atoms with Gasteiger partial charge in [-0.2, -0.15) is 0 Å². The summed E-state index contributed by atoms with van der Waals surface area (Å²) >= 11 is 0. The molecule has 0 unspecified atom stereocenters. The molecular weight excluding hydrogens is 348 g/mol. The Hall–Kier alpha value is -2.62. The zero-order valence-electron chi connectivity index (χ0n) is 16.6. The number of oxazole rings is 1. The van der Waals surface area contributed by atoms with Crippen molar-refractivity contribution in [3.63, 3.8) is 0 Å². The van der Waals surface area contributed by atoms with Crippen LogP contribution in [0, 0.1) is 0 Å². The van der Waals surface area contributed by atoms with E-state index in [4.69, 9.17) is 9.40 Å². The van der Waals surface area contributed by atoms with Gasteiger partial charge in [0.1, 0.15) is 11.6 Å². The van der Waals surface area contributed by atoms with Crippen molar-refractivity contribution < 1.29 is 9.21 Å². The minimum Gasteiger partial charge on any atom is -0.438 e. The lowest BCUT2D eigenvalue weighted by molar-refractivity contribution is -0.132. The van der Waals surface area contributed by atoms with Crippen LogP contribution in [0.15, 0.2) is 52.9 Å². The van der Waals surface area contributed by atoms with E-state index in [-0.39, 0.29) is 11.9 Å². The Kier molecular flexibility index (Phi) is 5.75.